The summed E-state index contributed by atoms with van der Waals surface area (Å²) in [5.41, 5.74) is 1.73. The van der Waals surface area contributed by atoms with Gasteiger partial charge in [0.05, 0.1) is 18.1 Å². The number of sulfonamides is 1. The molecule has 3 aliphatic rings. The number of aryl methyl sites for hydroxylation is 2. The van der Waals surface area contributed by atoms with Gasteiger partial charge in [-0.25, -0.2) is 13.4 Å². The van der Waals surface area contributed by atoms with Gasteiger partial charge in [0.25, 0.3) is 0 Å². The minimum absolute atomic E-state index is 0.00491. The van der Waals surface area contributed by atoms with Crippen molar-refractivity contribution < 1.29 is 22.6 Å². The number of anilines is 1. The highest BCUT2D eigenvalue weighted by Gasteiger charge is 2.40. The Morgan fingerprint density at radius 3 is 2.25 bits per heavy atom. The first-order valence-corrected chi connectivity index (χ1v) is 17.1. The fourth-order valence-corrected chi connectivity index (χ4v) is 8.94. The average molecular weight is 622 g/mol. The Morgan fingerprint density at radius 2 is 1.61 bits per heavy atom. The first-order valence-electron chi connectivity index (χ1n) is 15.7. The van der Waals surface area contributed by atoms with Gasteiger partial charge >= 0.3 is 6.01 Å². The number of ether oxygens (including phenoxy) is 3. The van der Waals surface area contributed by atoms with E-state index in [0.29, 0.717) is 27.2 Å². The molecule has 44 heavy (non-hydrogen) atoms. The first-order chi connectivity index (χ1) is 21.3. The number of nitrogens with zero attached hydrogens (tertiary/aromatic N) is 5. The lowest BCUT2D eigenvalue weighted by molar-refractivity contribution is 0.0615. The molecule has 2 aromatic heterocycles. The van der Waals surface area contributed by atoms with Crippen LogP contribution in [-0.4, -0.2) is 73.2 Å². The van der Waals surface area contributed by atoms with Crippen LogP contribution in [0.25, 0.3) is 0 Å². The molecule has 6 rings (SSSR count). The monoisotopic (exact) mass is 621 g/mol. The lowest BCUT2D eigenvalue weighted by Gasteiger charge is -2.46. The Bertz CT molecular complexity index is 1510. The molecule has 2 saturated carbocycles. The zero-order valence-corrected chi connectivity index (χ0v) is 26.8. The molecule has 10 nitrogen and oxygen atoms in total. The molecule has 3 aromatic rings. The van der Waals surface area contributed by atoms with Gasteiger partial charge in [-0.2, -0.15) is 9.29 Å². The Kier molecular flexibility index (Phi) is 8.96. The maximum Gasteiger partial charge on any atom is 0.318 e. The highest BCUT2D eigenvalue weighted by molar-refractivity contribution is 7.89. The topological polar surface area (TPSA) is 107 Å². The molecular formula is C33H43N5O5S. The van der Waals surface area contributed by atoms with Crippen molar-refractivity contribution in [2.24, 2.45) is 5.41 Å². The van der Waals surface area contributed by atoms with Gasteiger partial charge in [-0.3, -0.25) is 4.98 Å². The van der Waals surface area contributed by atoms with Crippen molar-refractivity contribution >= 4 is 15.8 Å². The van der Waals surface area contributed by atoms with E-state index in [4.69, 9.17) is 19.2 Å². The molecule has 3 heterocycles. The summed E-state index contributed by atoms with van der Waals surface area (Å²) in [6, 6.07) is 9.60. The Hall–Kier alpha value is -3.44. The number of pyridine rings is 1. The molecule has 2 aliphatic carbocycles. The van der Waals surface area contributed by atoms with Crippen LogP contribution in [0.4, 0.5) is 5.82 Å². The first kappa shape index (κ1) is 30.6. The normalized spacial score (nSPS) is 18.9. The van der Waals surface area contributed by atoms with Gasteiger partial charge in [0.2, 0.25) is 10.0 Å². The van der Waals surface area contributed by atoms with E-state index in [-0.39, 0.29) is 31.3 Å². The summed E-state index contributed by atoms with van der Waals surface area (Å²) in [7, 11) is -2.11. The van der Waals surface area contributed by atoms with E-state index in [1.165, 1.54) is 12.8 Å². The van der Waals surface area contributed by atoms with Crippen molar-refractivity contribution in [2.75, 3.05) is 38.3 Å². The smallest absolute Gasteiger partial charge is 0.318 e. The van der Waals surface area contributed by atoms with E-state index in [9.17, 15) is 8.42 Å². The number of hydrogen-bond donors (Lipinski definition) is 0. The fourth-order valence-electron chi connectivity index (χ4n) is 6.86. The van der Waals surface area contributed by atoms with Crippen LogP contribution < -0.4 is 19.1 Å². The lowest BCUT2D eigenvalue weighted by Crippen LogP contribution is -2.43. The third-order valence-corrected chi connectivity index (χ3v) is 11.7. The van der Waals surface area contributed by atoms with E-state index in [1.807, 2.05) is 32.0 Å². The van der Waals surface area contributed by atoms with Gasteiger partial charge in [-0.1, -0.05) is 0 Å². The zero-order valence-electron chi connectivity index (χ0n) is 25.9. The maximum absolute atomic E-state index is 13.8. The van der Waals surface area contributed by atoms with Crippen molar-refractivity contribution in [1.82, 2.24) is 19.3 Å². The van der Waals surface area contributed by atoms with Crippen LogP contribution in [0.5, 0.6) is 17.5 Å². The third kappa shape index (κ3) is 6.78. The molecule has 0 atom stereocenters. The van der Waals surface area contributed by atoms with Gasteiger partial charge < -0.3 is 19.1 Å². The molecular weight excluding hydrogens is 578 g/mol. The van der Waals surface area contributed by atoms with Crippen LogP contribution in [0.2, 0.25) is 0 Å². The Morgan fingerprint density at radius 1 is 0.932 bits per heavy atom. The summed E-state index contributed by atoms with van der Waals surface area (Å²) in [6.45, 7) is 5.94. The fraction of sp³-hybridized carbons (Fsp3) is 0.545. The van der Waals surface area contributed by atoms with Crippen LogP contribution in [0, 0.1) is 19.3 Å². The number of benzene rings is 1. The standard InChI is InChI=1S/C33H43N5O5S/c1-24-22-29(41-3)23-25(2)31(24)44(39,40)38(26-4-5-26)20-21-42-32-35-17-10-30(36-32)37-18-13-33(14-19-37)11-6-27(7-12-33)43-28-8-15-34-16-9-28/h8-10,15-17,22-23,26-27H,4-7,11-14,18-21H2,1-3H3. The maximum atomic E-state index is 13.8. The van der Waals surface area contributed by atoms with Crippen molar-refractivity contribution in [1.29, 1.82) is 0 Å². The molecule has 0 amide bonds. The lowest BCUT2D eigenvalue weighted by atomic mass is 9.67. The van der Waals surface area contributed by atoms with Crippen LogP contribution in [0.3, 0.4) is 0 Å². The number of piperidine rings is 1. The van der Waals surface area contributed by atoms with Crippen LogP contribution in [0.15, 0.2) is 53.8 Å². The summed E-state index contributed by atoms with van der Waals surface area (Å²) in [4.78, 5) is 15.8. The van der Waals surface area contributed by atoms with E-state index >= 15 is 0 Å². The second kappa shape index (κ2) is 12.9. The molecule has 0 N–H and O–H groups in total. The average Bonchev–Trinajstić information content (AvgIpc) is 3.86. The molecule has 1 aliphatic heterocycles. The Balaban J connectivity index is 1.02. The van der Waals surface area contributed by atoms with Crippen molar-refractivity contribution in [3.8, 4) is 17.5 Å². The van der Waals surface area contributed by atoms with Crippen molar-refractivity contribution in [2.45, 2.75) is 82.3 Å². The summed E-state index contributed by atoms with van der Waals surface area (Å²) >= 11 is 0. The molecule has 0 radical (unpaired) electrons. The van der Waals surface area contributed by atoms with E-state index in [1.54, 1.807) is 42.1 Å². The molecule has 11 heteroatoms. The summed E-state index contributed by atoms with van der Waals surface area (Å²) in [5, 5.41) is 0. The second-order valence-electron chi connectivity index (χ2n) is 12.5. The zero-order chi connectivity index (χ0) is 30.7. The van der Waals surface area contributed by atoms with E-state index in [2.05, 4.69) is 14.9 Å². The van der Waals surface area contributed by atoms with Gasteiger partial charge in [-0.15, -0.1) is 0 Å². The molecule has 0 bridgehead atoms. The quantitative estimate of drug-likeness (QED) is 0.281. The van der Waals surface area contributed by atoms with Crippen LogP contribution in [-0.2, 0) is 10.0 Å². The number of aromatic nitrogens is 3. The van der Waals surface area contributed by atoms with Crippen molar-refractivity contribution in [3.63, 3.8) is 0 Å². The molecule has 1 aromatic carbocycles. The highest BCUT2D eigenvalue weighted by Crippen LogP contribution is 2.46. The molecule has 236 valence electrons. The molecule has 3 fully saturated rings. The minimum Gasteiger partial charge on any atom is -0.497 e. The molecule has 1 spiro atoms. The summed E-state index contributed by atoms with van der Waals surface area (Å²) < 4.78 is 46.6. The number of methoxy groups -OCH3 is 1. The van der Waals surface area contributed by atoms with E-state index in [0.717, 1.165) is 63.2 Å². The molecule has 0 unspecified atom stereocenters. The Labute approximate surface area is 260 Å². The summed E-state index contributed by atoms with van der Waals surface area (Å²) in [6.07, 6.45) is 14.1. The SMILES string of the molecule is COc1cc(C)c(S(=O)(=O)N(CCOc2nccc(N3CCC4(CCC(Oc5ccncc5)CC4)CC3)n2)C2CC2)c(C)c1. The van der Waals surface area contributed by atoms with Crippen LogP contribution >= 0.6 is 0 Å². The second-order valence-corrected chi connectivity index (χ2v) is 14.3. The van der Waals surface area contributed by atoms with Gasteiger partial charge in [-0.05, 0) is 112 Å². The van der Waals surface area contributed by atoms with Gasteiger partial charge in [0.1, 0.15) is 23.9 Å². The summed E-state index contributed by atoms with van der Waals surface area (Å²) in [5.74, 6) is 2.41. The van der Waals surface area contributed by atoms with Crippen molar-refractivity contribution in [3.05, 3.63) is 60.0 Å². The predicted octanol–water partition coefficient (Wildman–Crippen LogP) is 5.34. The minimum atomic E-state index is -3.70. The van der Waals surface area contributed by atoms with Gasteiger partial charge in [0, 0.05) is 44.3 Å². The molecule has 1 saturated heterocycles. The largest absolute Gasteiger partial charge is 0.497 e. The number of rotatable bonds is 11. The highest BCUT2D eigenvalue weighted by atomic mass is 32.2. The third-order valence-electron chi connectivity index (χ3n) is 9.45. The predicted molar refractivity (Wildman–Crippen MR) is 168 cm³/mol. The van der Waals surface area contributed by atoms with Crippen LogP contribution in [0.1, 0.15) is 62.5 Å². The van der Waals surface area contributed by atoms with E-state index < -0.39 is 10.0 Å². The number of hydrogen-bond acceptors (Lipinski definition) is 9. The van der Waals surface area contributed by atoms with Gasteiger partial charge in [0.15, 0.2) is 0 Å².